The van der Waals surface area contributed by atoms with Gasteiger partial charge in [0.25, 0.3) is 5.91 Å². The second kappa shape index (κ2) is 10.6. The van der Waals surface area contributed by atoms with E-state index in [1.807, 2.05) is 22.9 Å². The number of aromatic nitrogens is 3. The lowest BCUT2D eigenvalue weighted by molar-refractivity contribution is 0.0600. The molecule has 1 aromatic carbocycles. The number of hydrogen-bond donors (Lipinski definition) is 2. The third kappa shape index (κ3) is 4.87. The summed E-state index contributed by atoms with van der Waals surface area (Å²) >= 11 is 0. The number of hydrogen-bond acceptors (Lipinski definition) is 8. The highest BCUT2D eigenvalue weighted by atomic mass is 19.1. The molecule has 12 heteroatoms. The standard InChI is InChI=1S/C27H34F2N8O2/c1-34-12-8-31-9-13-39-22-6-5-17(28)14-19(22)27(38)36-10-3-2-4-21(36)20-15-23-32-25(35-11-7-18(30)16-35)24(29)26(34)37(23)33-20/h5-6,14-15,18,21,31H,2-4,7-13,16,30H2,1H3/t18-,21+/m1/s1. The van der Waals surface area contributed by atoms with E-state index in [-0.39, 0.29) is 29.4 Å². The molecule has 0 saturated carbocycles. The Labute approximate surface area is 225 Å². The quantitative estimate of drug-likeness (QED) is 0.485. The first-order valence-electron chi connectivity index (χ1n) is 13.7. The van der Waals surface area contributed by atoms with Gasteiger partial charge in [-0.1, -0.05) is 0 Å². The molecule has 1 amide bonds. The Morgan fingerprint density at radius 2 is 1.97 bits per heavy atom. The molecular weight excluding hydrogens is 506 g/mol. The maximum atomic E-state index is 16.1. The van der Waals surface area contributed by atoms with Crippen LogP contribution in [0.25, 0.3) is 5.65 Å². The van der Waals surface area contributed by atoms with Crippen molar-refractivity contribution in [3.63, 3.8) is 0 Å². The van der Waals surface area contributed by atoms with Crippen LogP contribution in [0.2, 0.25) is 0 Å². The Balaban J connectivity index is 1.48. The summed E-state index contributed by atoms with van der Waals surface area (Å²) in [4.78, 5) is 24.0. The zero-order chi connectivity index (χ0) is 27.1. The molecule has 2 atom stereocenters. The van der Waals surface area contributed by atoms with Gasteiger partial charge in [0.1, 0.15) is 18.2 Å². The molecule has 0 aliphatic carbocycles. The number of fused-ring (bicyclic) bond motifs is 4. The molecule has 0 unspecified atom stereocenters. The predicted octanol–water partition coefficient (Wildman–Crippen LogP) is 2.33. The van der Waals surface area contributed by atoms with Gasteiger partial charge < -0.3 is 30.5 Å². The summed E-state index contributed by atoms with van der Waals surface area (Å²) in [5, 5.41) is 8.11. The topological polar surface area (TPSA) is 104 Å². The average molecular weight is 541 g/mol. The first kappa shape index (κ1) is 25.8. The molecule has 3 aliphatic heterocycles. The number of likely N-dealkylation sites (N-methyl/N-ethyl adjacent to an activating group) is 1. The van der Waals surface area contributed by atoms with Crippen molar-refractivity contribution in [1.82, 2.24) is 24.8 Å². The number of nitrogens with one attached hydrogen (secondary N) is 1. The van der Waals surface area contributed by atoms with Crippen LogP contribution in [0.1, 0.15) is 47.8 Å². The van der Waals surface area contributed by atoms with Crippen molar-refractivity contribution in [2.45, 2.75) is 37.8 Å². The van der Waals surface area contributed by atoms with Crippen LogP contribution in [0.15, 0.2) is 24.3 Å². The van der Waals surface area contributed by atoms with E-state index in [1.54, 1.807) is 9.42 Å². The number of carbonyl (C=O) groups is 1. The molecule has 2 saturated heterocycles. The van der Waals surface area contributed by atoms with Crippen LogP contribution in [0, 0.1) is 11.6 Å². The highest BCUT2D eigenvalue weighted by Gasteiger charge is 2.34. The number of nitrogens with two attached hydrogens (primary N) is 1. The van der Waals surface area contributed by atoms with Crippen LogP contribution in [0.3, 0.4) is 0 Å². The van der Waals surface area contributed by atoms with E-state index in [0.29, 0.717) is 75.2 Å². The molecule has 3 aromatic rings. The molecule has 39 heavy (non-hydrogen) atoms. The molecule has 2 bridgehead atoms. The van der Waals surface area contributed by atoms with Gasteiger partial charge in [-0.3, -0.25) is 4.79 Å². The molecule has 208 valence electrons. The maximum Gasteiger partial charge on any atom is 0.258 e. The largest absolute Gasteiger partial charge is 0.491 e. The van der Waals surface area contributed by atoms with Crippen molar-refractivity contribution in [1.29, 1.82) is 0 Å². The van der Waals surface area contributed by atoms with Crippen LogP contribution in [-0.2, 0) is 0 Å². The Kier molecular flexibility index (Phi) is 6.98. The van der Waals surface area contributed by atoms with E-state index >= 15 is 4.39 Å². The number of rotatable bonds is 1. The minimum atomic E-state index is -0.499. The fourth-order valence-electron chi connectivity index (χ4n) is 5.80. The Hall–Kier alpha value is -3.51. The molecule has 0 radical (unpaired) electrons. The number of halogens is 2. The monoisotopic (exact) mass is 540 g/mol. The van der Waals surface area contributed by atoms with Crippen molar-refractivity contribution < 1.29 is 18.3 Å². The molecular formula is C27H34F2N8O2. The third-order valence-electron chi connectivity index (χ3n) is 7.85. The lowest BCUT2D eigenvalue weighted by Crippen LogP contribution is -2.39. The first-order chi connectivity index (χ1) is 18.9. The summed E-state index contributed by atoms with van der Waals surface area (Å²) in [6.07, 6.45) is 3.19. The first-order valence-corrected chi connectivity index (χ1v) is 13.7. The van der Waals surface area contributed by atoms with E-state index in [0.717, 1.165) is 19.3 Å². The Morgan fingerprint density at radius 3 is 2.79 bits per heavy atom. The summed E-state index contributed by atoms with van der Waals surface area (Å²) in [6.45, 7) is 3.54. The number of ether oxygens (including phenoxy) is 1. The second-order valence-electron chi connectivity index (χ2n) is 10.6. The highest BCUT2D eigenvalue weighted by molar-refractivity contribution is 5.97. The molecule has 6 rings (SSSR count). The summed E-state index contributed by atoms with van der Waals surface area (Å²) in [7, 11) is 1.83. The van der Waals surface area contributed by atoms with E-state index < -0.39 is 11.6 Å². The van der Waals surface area contributed by atoms with Gasteiger partial charge in [-0.2, -0.15) is 14.0 Å². The SMILES string of the molecule is CN1CCNCCOc2ccc(F)cc2C(=O)N2CCCC[C@H]2c2cc3nc(N4CC[C@@H](N)C4)c(F)c1n3n2. The summed E-state index contributed by atoms with van der Waals surface area (Å²) in [5.41, 5.74) is 7.45. The van der Waals surface area contributed by atoms with Gasteiger partial charge in [-0.25, -0.2) is 9.37 Å². The van der Waals surface area contributed by atoms with Crippen LogP contribution in [0.4, 0.5) is 20.4 Å². The van der Waals surface area contributed by atoms with Gasteiger partial charge in [0.15, 0.2) is 17.3 Å². The van der Waals surface area contributed by atoms with Crippen LogP contribution >= 0.6 is 0 Å². The van der Waals surface area contributed by atoms with E-state index in [9.17, 15) is 9.18 Å². The van der Waals surface area contributed by atoms with E-state index in [1.165, 1.54) is 18.2 Å². The summed E-state index contributed by atoms with van der Waals surface area (Å²) in [5.74, 6) is -0.321. The van der Waals surface area contributed by atoms with Crippen molar-refractivity contribution >= 4 is 23.2 Å². The Morgan fingerprint density at radius 1 is 1.10 bits per heavy atom. The molecule has 10 nitrogen and oxygen atoms in total. The van der Waals surface area contributed by atoms with Crippen LogP contribution in [0.5, 0.6) is 5.75 Å². The third-order valence-corrected chi connectivity index (χ3v) is 7.85. The Bertz CT molecular complexity index is 1380. The highest BCUT2D eigenvalue weighted by Crippen LogP contribution is 2.36. The van der Waals surface area contributed by atoms with Gasteiger partial charge in [0.2, 0.25) is 5.82 Å². The van der Waals surface area contributed by atoms with E-state index in [2.05, 4.69) is 5.32 Å². The fourth-order valence-corrected chi connectivity index (χ4v) is 5.80. The predicted molar refractivity (Wildman–Crippen MR) is 143 cm³/mol. The van der Waals surface area contributed by atoms with Crippen molar-refractivity contribution in [3.8, 4) is 5.75 Å². The molecule has 2 aromatic heterocycles. The zero-order valence-corrected chi connectivity index (χ0v) is 22.1. The molecule has 3 N–H and O–H groups in total. The van der Waals surface area contributed by atoms with Gasteiger partial charge in [0.05, 0.1) is 17.3 Å². The molecule has 5 heterocycles. The maximum absolute atomic E-state index is 16.1. The lowest BCUT2D eigenvalue weighted by atomic mass is 9.98. The minimum absolute atomic E-state index is 0.0282. The minimum Gasteiger partial charge on any atom is -0.491 e. The van der Waals surface area contributed by atoms with Crippen molar-refractivity contribution in [2.24, 2.45) is 5.73 Å². The van der Waals surface area contributed by atoms with Crippen molar-refractivity contribution in [2.75, 3.05) is 62.7 Å². The molecule has 0 spiro atoms. The lowest BCUT2D eigenvalue weighted by Gasteiger charge is -2.35. The van der Waals surface area contributed by atoms with Crippen LogP contribution < -0.4 is 25.6 Å². The summed E-state index contributed by atoms with van der Waals surface area (Å²) < 4.78 is 37.9. The molecule has 2 fully saturated rings. The zero-order valence-electron chi connectivity index (χ0n) is 22.1. The van der Waals surface area contributed by atoms with Crippen LogP contribution in [-0.4, -0.2) is 84.4 Å². The smallest absolute Gasteiger partial charge is 0.258 e. The number of benzene rings is 1. The molecule has 3 aliphatic rings. The number of carbonyl (C=O) groups excluding carboxylic acids is 1. The van der Waals surface area contributed by atoms with Gasteiger partial charge in [0, 0.05) is 58.4 Å². The van der Waals surface area contributed by atoms with Gasteiger partial charge in [-0.05, 0) is 43.9 Å². The second-order valence-corrected chi connectivity index (χ2v) is 10.6. The van der Waals surface area contributed by atoms with Gasteiger partial charge in [-0.15, -0.1) is 0 Å². The van der Waals surface area contributed by atoms with Gasteiger partial charge >= 0.3 is 0 Å². The van der Waals surface area contributed by atoms with E-state index in [4.69, 9.17) is 20.6 Å². The number of anilines is 2. The number of amides is 1. The average Bonchev–Trinajstić information content (AvgIpc) is 3.55. The fraction of sp³-hybridized carbons (Fsp3) is 0.519. The number of nitrogens with zero attached hydrogens (tertiary/aromatic N) is 6. The summed E-state index contributed by atoms with van der Waals surface area (Å²) in [6, 6.07) is 5.50. The normalized spacial score (nSPS) is 22.8. The number of piperidine rings is 1. The van der Waals surface area contributed by atoms with Crippen molar-refractivity contribution in [3.05, 3.63) is 47.2 Å².